The fourth-order valence-electron chi connectivity index (χ4n) is 1.93. The summed E-state index contributed by atoms with van der Waals surface area (Å²) in [5.41, 5.74) is -0.0314. The summed E-state index contributed by atoms with van der Waals surface area (Å²) in [7, 11) is 1.52. The molecule has 3 aromatic rings. The van der Waals surface area contributed by atoms with Crippen molar-refractivity contribution >= 4 is 11.6 Å². The standard InChI is InChI=1S/C15H10F3N5O2/c1-25-9-4-2-8(3-5-9)23-21-14(20-22-23)15(24)19-11-7-6-10(16)12(17)13(11)18/h2-7H,1H3,(H,19,24). The Morgan fingerprint density at radius 2 is 1.80 bits per heavy atom. The molecule has 1 N–H and O–H groups in total. The van der Waals surface area contributed by atoms with Crippen LogP contribution in [0.1, 0.15) is 10.6 Å². The van der Waals surface area contributed by atoms with Crippen molar-refractivity contribution in [1.82, 2.24) is 20.2 Å². The second-order valence-electron chi connectivity index (χ2n) is 4.78. The number of anilines is 1. The van der Waals surface area contributed by atoms with Crippen LogP contribution in [0.25, 0.3) is 5.69 Å². The monoisotopic (exact) mass is 349 g/mol. The number of amides is 1. The van der Waals surface area contributed by atoms with Gasteiger partial charge in [-0.1, -0.05) is 0 Å². The van der Waals surface area contributed by atoms with Crippen molar-refractivity contribution in [3.05, 3.63) is 59.7 Å². The van der Waals surface area contributed by atoms with E-state index >= 15 is 0 Å². The van der Waals surface area contributed by atoms with Gasteiger partial charge in [0.1, 0.15) is 5.75 Å². The summed E-state index contributed by atoms with van der Waals surface area (Å²) in [6, 6.07) is 8.17. The first-order chi connectivity index (χ1) is 12.0. The molecule has 0 aliphatic rings. The average molecular weight is 349 g/mol. The number of aromatic nitrogens is 4. The molecular weight excluding hydrogens is 339 g/mol. The summed E-state index contributed by atoms with van der Waals surface area (Å²) < 4.78 is 44.7. The van der Waals surface area contributed by atoms with Crippen LogP contribution in [-0.4, -0.2) is 33.2 Å². The highest BCUT2D eigenvalue weighted by atomic mass is 19.2. The zero-order valence-corrected chi connectivity index (χ0v) is 12.7. The highest BCUT2D eigenvalue weighted by Crippen LogP contribution is 2.20. The van der Waals surface area contributed by atoms with Crippen molar-refractivity contribution in [2.45, 2.75) is 0 Å². The van der Waals surface area contributed by atoms with E-state index in [0.29, 0.717) is 17.5 Å². The van der Waals surface area contributed by atoms with Gasteiger partial charge >= 0.3 is 0 Å². The number of nitrogens with zero attached hydrogens (tertiary/aromatic N) is 4. The number of ether oxygens (including phenoxy) is 1. The maximum Gasteiger partial charge on any atom is 0.297 e. The van der Waals surface area contributed by atoms with Crippen LogP contribution >= 0.6 is 0 Å². The summed E-state index contributed by atoms with van der Waals surface area (Å²) in [6.45, 7) is 0. The Labute approximate surface area is 139 Å². The largest absolute Gasteiger partial charge is 0.497 e. The zero-order valence-electron chi connectivity index (χ0n) is 12.7. The minimum atomic E-state index is -1.69. The number of rotatable bonds is 4. The molecule has 0 aliphatic heterocycles. The number of benzene rings is 2. The Hall–Kier alpha value is -3.43. The van der Waals surface area contributed by atoms with Crippen molar-refractivity contribution in [2.75, 3.05) is 12.4 Å². The summed E-state index contributed by atoms with van der Waals surface area (Å²) in [5.74, 6) is -5.25. The maximum absolute atomic E-state index is 13.6. The highest BCUT2D eigenvalue weighted by molar-refractivity contribution is 6.01. The number of carbonyl (C=O) groups excluding carboxylic acids is 1. The lowest BCUT2D eigenvalue weighted by Gasteiger charge is -2.05. The zero-order chi connectivity index (χ0) is 18.0. The van der Waals surface area contributed by atoms with Gasteiger partial charge in [-0.3, -0.25) is 4.79 Å². The van der Waals surface area contributed by atoms with Gasteiger partial charge in [-0.15, -0.1) is 15.0 Å². The lowest BCUT2D eigenvalue weighted by molar-refractivity contribution is 0.101. The molecule has 0 saturated carbocycles. The molecule has 0 unspecified atom stereocenters. The number of halogens is 3. The molecule has 0 saturated heterocycles. The number of nitrogens with one attached hydrogen (secondary N) is 1. The topological polar surface area (TPSA) is 81.9 Å². The van der Waals surface area contributed by atoms with Gasteiger partial charge in [0.25, 0.3) is 11.7 Å². The van der Waals surface area contributed by atoms with Gasteiger partial charge in [0.15, 0.2) is 17.5 Å². The Morgan fingerprint density at radius 1 is 1.08 bits per heavy atom. The van der Waals surface area contributed by atoms with E-state index in [-0.39, 0.29) is 5.82 Å². The Balaban J connectivity index is 1.80. The molecule has 10 heteroatoms. The first kappa shape index (κ1) is 16.4. The molecule has 25 heavy (non-hydrogen) atoms. The molecular formula is C15H10F3N5O2. The number of hydrogen-bond donors (Lipinski definition) is 1. The van der Waals surface area contributed by atoms with Crippen LogP contribution in [0, 0.1) is 17.5 Å². The molecule has 3 rings (SSSR count). The van der Waals surface area contributed by atoms with E-state index in [1.165, 1.54) is 7.11 Å². The average Bonchev–Trinajstić information content (AvgIpc) is 3.12. The van der Waals surface area contributed by atoms with E-state index in [9.17, 15) is 18.0 Å². The van der Waals surface area contributed by atoms with E-state index in [1.807, 2.05) is 0 Å². The summed E-state index contributed by atoms with van der Waals surface area (Å²) in [6.07, 6.45) is 0. The molecule has 0 atom stereocenters. The van der Waals surface area contributed by atoms with Crippen LogP contribution in [0.4, 0.5) is 18.9 Å². The molecule has 1 amide bonds. The van der Waals surface area contributed by atoms with Crippen molar-refractivity contribution in [3.63, 3.8) is 0 Å². The van der Waals surface area contributed by atoms with E-state index in [0.717, 1.165) is 10.9 Å². The van der Waals surface area contributed by atoms with Gasteiger partial charge in [-0.05, 0) is 41.6 Å². The predicted molar refractivity (Wildman–Crippen MR) is 80.0 cm³/mol. The third-order valence-corrected chi connectivity index (χ3v) is 3.20. The van der Waals surface area contributed by atoms with Gasteiger partial charge in [-0.2, -0.15) is 0 Å². The van der Waals surface area contributed by atoms with E-state index in [2.05, 4.69) is 20.7 Å². The predicted octanol–water partition coefficient (Wildman–Crippen LogP) is 2.34. The van der Waals surface area contributed by atoms with Gasteiger partial charge in [-0.25, -0.2) is 13.2 Å². The third-order valence-electron chi connectivity index (χ3n) is 3.20. The van der Waals surface area contributed by atoms with E-state index in [1.54, 1.807) is 24.3 Å². The van der Waals surface area contributed by atoms with Crippen LogP contribution < -0.4 is 10.1 Å². The van der Waals surface area contributed by atoms with Gasteiger partial charge < -0.3 is 10.1 Å². The van der Waals surface area contributed by atoms with Crippen LogP contribution in [0.5, 0.6) is 5.75 Å². The quantitative estimate of drug-likeness (QED) is 0.731. The van der Waals surface area contributed by atoms with Crippen molar-refractivity contribution < 1.29 is 22.7 Å². The molecule has 0 radical (unpaired) electrons. The summed E-state index contributed by atoms with van der Waals surface area (Å²) in [5, 5.41) is 13.2. The lowest BCUT2D eigenvalue weighted by atomic mass is 10.2. The molecule has 0 bridgehead atoms. The number of hydrogen-bond acceptors (Lipinski definition) is 5. The van der Waals surface area contributed by atoms with Crippen LogP contribution in [0.15, 0.2) is 36.4 Å². The minimum Gasteiger partial charge on any atom is -0.497 e. The fourth-order valence-corrected chi connectivity index (χ4v) is 1.93. The third kappa shape index (κ3) is 3.27. The van der Waals surface area contributed by atoms with Gasteiger partial charge in [0, 0.05) is 0 Å². The Kier molecular flexibility index (Phi) is 4.33. The molecule has 7 nitrogen and oxygen atoms in total. The summed E-state index contributed by atoms with van der Waals surface area (Å²) in [4.78, 5) is 13.1. The fraction of sp³-hybridized carbons (Fsp3) is 0.0667. The highest BCUT2D eigenvalue weighted by Gasteiger charge is 2.19. The minimum absolute atomic E-state index is 0.375. The van der Waals surface area contributed by atoms with E-state index < -0.39 is 29.0 Å². The molecule has 128 valence electrons. The molecule has 1 aromatic heterocycles. The molecule has 2 aromatic carbocycles. The van der Waals surface area contributed by atoms with Crippen LogP contribution in [-0.2, 0) is 0 Å². The smallest absolute Gasteiger partial charge is 0.297 e. The van der Waals surface area contributed by atoms with Crippen LogP contribution in [0.2, 0.25) is 0 Å². The number of tetrazole rings is 1. The Morgan fingerprint density at radius 3 is 2.48 bits per heavy atom. The van der Waals surface area contributed by atoms with E-state index in [4.69, 9.17) is 4.74 Å². The lowest BCUT2D eigenvalue weighted by Crippen LogP contribution is -2.16. The molecule has 1 heterocycles. The first-order valence-corrected chi connectivity index (χ1v) is 6.89. The van der Waals surface area contributed by atoms with Gasteiger partial charge in [0.05, 0.1) is 18.5 Å². The van der Waals surface area contributed by atoms with Gasteiger partial charge in [0.2, 0.25) is 0 Å². The second-order valence-corrected chi connectivity index (χ2v) is 4.78. The molecule has 0 fully saturated rings. The van der Waals surface area contributed by atoms with Crippen molar-refractivity contribution in [3.8, 4) is 11.4 Å². The first-order valence-electron chi connectivity index (χ1n) is 6.89. The number of methoxy groups -OCH3 is 1. The van der Waals surface area contributed by atoms with Crippen molar-refractivity contribution in [2.24, 2.45) is 0 Å². The molecule has 0 aliphatic carbocycles. The number of carbonyl (C=O) groups is 1. The summed E-state index contributed by atoms with van der Waals surface area (Å²) >= 11 is 0. The van der Waals surface area contributed by atoms with Crippen LogP contribution in [0.3, 0.4) is 0 Å². The SMILES string of the molecule is COc1ccc(-n2nnc(C(=O)Nc3ccc(F)c(F)c3F)n2)cc1. The molecule has 0 spiro atoms. The normalized spacial score (nSPS) is 10.6. The maximum atomic E-state index is 13.6. The van der Waals surface area contributed by atoms with Crippen molar-refractivity contribution in [1.29, 1.82) is 0 Å². The Bertz CT molecular complexity index is 927. The second kappa shape index (κ2) is 6.59.